The minimum atomic E-state index is -0.248. The van der Waals surface area contributed by atoms with Gasteiger partial charge < -0.3 is 15.7 Å². The number of aliphatic hydroxyl groups is 1. The van der Waals surface area contributed by atoms with Gasteiger partial charge in [-0.1, -0.05) is 33.6 Å². The van der Waals surface area contributed by atoms with Crippen LogP contribution in [0.25, 0.3) is 0 Å². The van der Waals surface area contributed by atoms with E-state index in [1.807, 2.05) is 6.92 Å². The van der Waals surface area contributed by atoms with Crippen molar-refractivity contribution >= 4 is 5.91 Å². The van der Waals surface area contributed by atoms with E-state index in [0.717, 1.165) is 32.2 Å². The molecule has 0 radical (unpaired) electrons. The van der Waals surface area contributed by atoms with Crippen LogP contribution < -0.4 is 10.6 Å². The van der Waals surface area contributed by atoms with Crippen LogP contribution in [0.2, 0.25) is 0 Å². The van der Waals surface area contributed by atoms with Gasteiger partial charge in [0.1, 0.15) is 0 Å². The van der Waals surface area contributed by atoms with Crippen molar-refractivity contribution in [1.82, 2.24) is 10.6 Å². The third-order valence-corrected chi connectivity index (χ3v) is 2.93. The number of hydrogen-bond donors (Lipinski definition) is 3. The smallest absolute Gasteiger partial charge is 0.236 e. The Morgan fingerprint density at radius 1 is 1.22 bits per heavy atom. The van der Waals surface area contributed by atoms with E-state index >= 15 is 0 Å². The van der Waals surface area contributed by atoms with E-state index in [-0.39, 0.29) is 24.6 Å². The zero-order chi connectivity index (χ0) is 14.0. The Bertz CT molecular complexity index is 220. The molecule has 0 bridgehead atoms. The number of carbonyl (C=O) groups excluding carboxylic acids is 1. The van der Waals surface area contributed by atoms with Gasteiger partial charge >= 0.3 is 0 Å². The van der Waals surface area contributed by atoms with Crippen molar-refractivity contribution in [2.24, 2.45) is 5.92 Å². The topological polar surface area (TPSA) is 61.4 Å². The number of nitrogens with one attached hydrogen (secondary N) is 2. The van der Waals surface area contributed by atoms with Crippen LogP contribution >= 0.6 is 0 Å². The van der Waals surface area contributed by atoms with Gasteiger partial charge in [-0.15, -0.1) is 0 Å². The molecule has 0 aromatic heterocycles. The number of unbranched alkanes of at least 4 members (excludes halogenated alkanes) is 2. The fourth-order valence-corrected chi connectivity index (χ4v) is 1.93. The van der Waals surface area contributed by atoms with E-state index in [1.165, 1.54) is 0 Å². The molecule has 4 heteroatoms. The Labute approximate surface area is 112 Å². The molecule has 0 fully saturated rings. The number of hydrogen-bond acceptors (Lipinski definition) is 3. The largest absolute Gasteiger partial charge is 0.395 e. The molecule has 3 N–H and O–H groups in total. The maximum Gasteiger partial charge on any atom is 0.236 e. The van der Waals surface area contributed by atoms with E-state index in [4.69, 9.17) is 0 Å². The van der Waals surface area contributed by atoms with Crippen LogP contribution in [0.15, 0.2) is 0 Å². The molecule has 0 aromatic rings. The molecule has 0 rings (SSSR count). The second-order valence-corrected chi connectivity index (χ2v) is 5.40. The quantitative estimate of drug-likeness (QED) is 0.522. The van der Waals surface area contributed by atoms with Gasteiger partial charge in [-0.05, 0) is 25.7 Å². The summed E-state index contributed by atoms with van der Waals surface area (Å²) in [4.78, 5) is 11.8. The van der Waals surface area contributed by atoms with Gasteiger partial charge in [0, 0.05) is 12.6 Å². The van der Waals surface area contributed by atoms with Gasteiger partial charge in [0.2, 0.25) is 5.91 Å². The van der Waals surface area contributed by atoms with E-state index in [0.29, 0.717) is 5.92 Å². The van der Waals surface area contributed by atoms with Crippen LogP contribution in [0.3, 0.4) is 0 Å². The molecule has 108 valence electrons. The van der Waals surface area contributed by atoms with E-state index in [2.05, 4.69) is 31.4 Å². The van der Waals surface area contributed by atoms with Gasteiger partial charge in [0.05, 0.1) is 12.6 Å². The maximum atomic E-state index is 11.8. The molecular weight excluding hydrogens is 228 g/mol. The number of carbonyl (C=O) groups is 1. The van der Waals surface area contributed by atoms with Crippen molar-refractivity contribution in [1.29, 1.82) is 0 Å². The lowest BCUT2D eigenvalue weighted by Gasteiger charge is -2.22. The minimum Gasteiger partial charge on any atom is -0.395 e. The second-order valence-electron chi connectivity index (χ2n) is 5.40. The zero-order valence-corrected chi connectivity index (χ0v) is 12.3. The van der Waals surface area contributed by atoms with Crippen LogP contribution in [0, 0.1) is 5.92 Å². The summed E-state index contributed by atoms with van der Waals surface area (Å²) < 4.78 is 0. The Kier molecular flexibility index (Phi) is 9.98. The third-order valence-electron chi connectivity index (χ3n) is 2.93. The highest BCUT2D eigenvalue weighted by Crippen LogP contribution is 2.05. The Balaban J connectivity index is 3.89. The molecule has 0 saturated heterocycles. The summed E-state index contributed by atoms with van der Waals surface area (Å²) >= 11 is 0. The fourth-order valence-electron chi connectivity index (χ4n) is 1.93. The lowest BCUT2D eigenvalue weighted by atomic mass is 10.0. The summed E-state index contributed by atoms with van der Waals surface area (Å²) in [6.07, 6.45) is 4.22. The normalized spacial score (nSPS) is 14.6. The van der Waals surface area contributed by atoms with Crippen LogP contribution in [0.4, 0.5) is 0 Å². The van der Waals surface area contributed by atoms with Crippen LogP contribution in [-0.2, 0) is 4.79 Å². The lowest BCUT2D eigenvalue weighted by Crippen LogP contribution is -2.48. The number of amides is 1. The average molecular weight is 258 g/mol. The summed E-state index contributed by atoms with van der Waals surface area (Å²) in [5.74, 6) is 0.530. The Hall–Kier alpha value is -0.610. The monoisotopic (exact) mass is 258 g/mol. The van der Waals surface area contributed by atoms with Gasteiger partial charge in [-0.25, -0.2) is 0 Å². The van der Waals surface area contributed by atoms with Crippen molar-refractivity contribution in [2.45, 2.75) is 65.5 Å². The molecule has 1 amide bonds. The molecule has 2 unspecified atom stereocenters. The first kappa shape index (κ1) is 17.4. The second kappa shape index (κ2) is 10.3. The predicted octanol–water partition coefficient (Wildman–Crippen LogP) is 1.68. The molecule has 4 nitrogen and oxygen atoms in total. The number of rotatable bonds is 10. The lowest BCUT2D eigenvalue weighted by molar-refractivity contribution is -0.123. The standard InChI is InChI=1S/C14H30N2O2/c1-5-6-7-8-15-14(18)12(4)16-13(10-17)9-11(2)3/h11-13,16-17H,5-10H2,1-4H3,(H,15,18). The molecule has 2 atom stereocenters. The van der Waals surface area contributed by atoms with Crippen molar-refractivity contribution in [3.05, 3.63) is 0 Å². The SMILES string of the molecule is CCCCCNC(=O)C(C)NC(CO)CC(C)C. The van der Waals surface area contributed by atoms with Crippen molar-refractivity contribution < 1.29 is 9.90 Å². The molecule has 0 aromatic carbocycles. The molecular formula is C14H30N2O2. The first-order valence-electron chi connectivity index (χ1n) is 7.15. The average Bonchev–Trinajstić information content (AvgIpc) is 2.32. The van der Waals surface area contributed by atoms with Crippen LogP contribution in [-0.4, -0.2) is 36.2 Å². The maximum absolute atomic E-state index is 11.8. The third kappa shape index (κ3) is 8.48. The van der Waals surface area contributed by atoms with Crippen molar-refractivity contribution in [3.63, 3.8) is 0 Å². The number of aliphatic hydroxyl groups excluding tert-OH is 1. The Morgan fingerprint density at radius 2 is 1.89 bits per heavy atom. The highest BCUT2D eigenvalue weighted by atomic mass is 16.3. The highest BCUT2D eigenvalue weighted by molar-refractivity contribution is 5.81. The molecule has 18 heavy (non-hydrogen) atoms. The molecule has 0 heterocycles. The molecule has 0 aliphatic heterocycles. The zero-order valence-electron chi connectivity index (χ0n) is 12.3. The van der Waals surface area contributed by atoms with E-state index < -0.39 is 0 Å². The highest BCUT2D eigenvalue weighted by Gasteiger charge is 2.17. The predicted molar refractivity (Wildman–Crippen MR) is 75.5 cm³/mol. The van der Waals surface area contributed by atoms with E-state index in [1.54, 1.807) is 0 Å². The van der Waals surface area contributed by atoms with Gasteiger partial charge in [-0.2, -0.15) is 0 Å². The van der Waals surface area contributed by atoms with Gasteiger partial charge in [0.15, 0.2) is 0 Å². The Morgan fingerprint density at radius 3 is 2.39 bits per heavy atom. The van der Waals surface area contributed by atoms with Gasteiger partial charge in [0.25, 0.3) is 0 Å². The summed E-state index contributed by atoms with van der Waals surface area (Å²) in [6, 6.07) is -0.246. The van der Waals surface area contributed by atoms with Crippen molar-refractivity contribution in [2.75, 3.05) is 13.2 Å². The summed E-state index contributed by atoms with van der Waals surface area (Å²) in [5.41, 5.74) is 0. The molecule has 0 saturated carbocycles. The summed E-state index contributed by atoms with van der Waals surface area (Å²) in [5, 5.41) is 15.4. The first-order chi connectivity index (χ1) is 8.51. The minimum absolute atomic E-state index is 0.00129. The molecule has 0 aliphatic carbocycles. The first-order valence-corrected chi connectivity index (χ1v) is 7.15. The molecule has 0 spiro atoms. The summed E-state index contributed by atoms with van der Waals surface area (Å²) in [7, 11) is 0. The van der Waals surface area contributed by atoms with Crippen molar-refractivity contribution in [3.8, 4) is 0 Å². The fraction of sp³-hybridized carbons (Fsp3) is 0.929. The summed E-state index contributed by atoms with van der Waals surface area (Å²) in [6.45, 7) is 9.03. The van der Waals surface area contributed by atoms with Gasteiger partial charge in [-0.3, -0.25) is 4.79 Å². The van der Waals surface area contributed by atoms with Crippen LogP contribution in [0.1, 0.15) is 53.4 Å². The molecule has 0 aliphatic rings. The van der Waals surface area contributed by atoms with Crippen LogP contribution in [0.5, 0.6) is 0 Å². The van der Waals surface area contributed by atoms with E-state index in [9.17, 15) is 9.90 Å².